The van der Waals surface area contributed by atoms with Crippen molar-refractivity contribution in [2.24, 2.45) is 11.0 Å². The summed E-state index contributed by atoms with van der Waals surface area (Å²) in [5, 5.41) is 44.4. The summed E-state index contributed by atoms with van der Waals surface area (Å²) in [5.41, 5.74) is 9.79. The van der Waals surface area contributed by atoms with Crippen molar-refractivity contribution in [1.29, 1.82) is 0 Å². The lowest BCUT2D eigenvalue weighted by Gasteiger charge is -2.18. The molecule has 0 aliphatic heterocycles. The van der Waals surface area contributed by atoms with Crippen LogP contribution in [0.5, 0.6) is 11.5 Å². The molecule has 0 saturated heterocycles. The van der Waals surface area contributed by atoms with Crippen LogP contribution >= 0.6 is 56.3 Å². The fourth-order valence-electron chi connectivity index (χ4n) is 4.45. The highest BCUT2D eigenvalue weighted by Crippen LogP contribution is 2.40. The van der Waals surface area contributed by atoms with Gasteiger partial charge < -0.3 is 36.0 Å². The Morgan fingerprint density at radius 3 is 2.22 bits per heavy atom. The Bertz CT molecular complexity index is 1880. The molecule has 0 bridgehead atoms. The molecule has 0 saturated carbocycles. The van der Waals surface area contributed by atoms with Crippen molar-refractivity contribution < 1.29 is 29.6 Å². The number of halogens is 2. The van der Waals surface area contributed by atoms with E-state index in [9.17, 15) is 19.8 Å². The second kappa shape index (κ2) is 19.1. The number of aliphatic hydroxyl groups excluding tert-OH is 1. The monoisotopic (exact) mass is 845 g/mol. The fraction of sp³-hybridized carbons (Fsp3) is 0.182. The Hall–Kier alpha value is -4.39. The van der Waals surface area contributed by atoms with Crippen LogP contribution < -0.4 is 32.2 Å². The average molecular weight is 848 g/mol. The minimum absolute atomic E-state index is 0.0395. The average Bonchev–Trinajstić information content (AvgIpc) is 3.11. The molecule has 0 radical (unpaired) electrons. The van der Waals surface area contributed by atoms with Crippen LogP contribution in [0.1, 0.15) is 11.1 Å². The highest BCUT2D eigenvalue weighted by atomic mass is 79.9. The van der Waals surface area contributed by atoms with Gasteiger partial charge in [0.1, 0.15) is 21.9 Å². The van der Waals surface area contributed by atoms with E-state index in [1.54, 1.807) is 24.3 Å². The highest BCUT2D eigenvalue weighted by molar-refractivity contribution is 9.11. The van der Waals surface area contributed by atoms with Crippen LogP contribution in [0.2, 0.25) is 0 Å². The minimum atomic E-state index is -1.24. The van der Waals surface area contributed by atoms with Gasteiger partial charge in [-0.2, -0.15) is 5.10 Å². The summed E-state index contributed by atoms with van der Waals surface area (Å²) in [6, 6.07) is 21.9. The Morgan fingerprint density at radius 1 is 0.840 bits per heavy atom. The van der Waals surface area contributed by atoms with Crippen molar-refractivity contribution >= 4 is 107 Å². The van der Waals surface area contributed by atoms with Crippen LogP contribution in [0.25, 0.3) is 10.8 Å². The number of anilines is 2. The zero-order valence-corrected chi connectivity index (χ0v) is 31.0. The van der Waals surface area contributed by atoms with Gasteiger partial charge in [0.05, 0.1) is 30.5 Å². The molecule has 9 N–H and O–H groups in total. The van der Waals surface area contributed by atoms with Gasteiger partial charge in [-0.05, 0) is 109 Å². The van der Waals surface area contributed by atoms with Crippen molar-refractivity contribution in [3.8, 4) is 11.5 Å². The number of fused-ring (bicyclic) bond motifs is 1. The molecule has 17 heteroatoms. The number of thiocarbonyl (C=S) groups is 2. The second-order valence-corrected chi connectivity index (χ2v) is 13.0. The molecule has 1 atom stereocenters. The van der Waals surface area contributed by atoms with Gasteiger partial charge in [-0.25, -0.2) is 5.43 Å². The standard InChI is InChI=1S/C33H33Br2N7O6S2/c34-26-17-22(28(44)27(35)29(26)45)18-37-40-30(46)25(16-19-5-6-20-3-1-2-4-21(20)15-19)31(47)41-42-33(50)39-24-9-7-23(8-10-24)38-32(49)36-11-13-48-14-12-43/h1-10,15,17-18,25,43-45H,11-14,16H2,(H,40,46)(H,41,47)(H2,36,38,49)(H2,39,42,50)/b37-18+. The van der Waals surface area contributed by atoms with E-state index in [1.165, 1.54) is 12.3 Å². The number of amides is 2. The summed E-state index contributed by atoms with van der Waals surface area (Å²) < 4.78 is 5.53. The van der Waals surface area contributed by atoms with Crippen LogP contribution in [0.15, 0.2) is 86.8 Å². The number of nitrogens with one attached hydrogen (secondary N) is 6. The third-order valence-corrected chi connectivity index (χ3v) is 8.74. The van der Waals surface area contributed by atoms with Crippen LogP contribution in [0.4, 0.5) is 11.4 Å². The molecule has 50 heavy (non-hydrogen) atoms. The van der Waals surface area contributed by atoms with Gasteiger partial charge in [-0.15, -0.1) is 0 Å². The van der Waals surface area contributed by atoms with E-state index < -0.39 is 17.7 Å². The molecule has 1 unspecified atom stereocenters. The van der Waals surface area contributed by atoms with Crippen LogP contribution in [0, 0.1) is 5.92 Å². The number of carbonyl (C=O) groups excluding carboxylic acids is 2. The van der Waals surface area contributed by atoms with E-state index in [4.69, 9.17) is 34.3 Å². The zero-order valence-electron chi connectivity index (χ0n) is 26.2. The normalized spacial score (nSPS) is 11.5. The summed E-state index contributed by atoms with van der Waals surface area (Å²) in [6.45, 7) is 1.11. The van der Waals surface area contributed by atoms with Crippen molar-refractivity contribution in [3.05, 3.63) is 92.9 Å². The van der Waals surface area contributed by atoms with Gasteiger partial charge >= 0.3 is 0 Å². The van der Waals surface area contributed by atoms with Gasteiger partial charge in [-0.1, -0.05) is 42.5 Å². The van der Waals surface area contributed by atoms with Crippen LogP contribution in [-0.4, -0.2) is 69.9 Å². The second-order valence-electron chi connectivity index (χ2n) is 10.5. The third kappa shape index (κ3) is 11.3. The van der Waals surface area contributed by atoms with Crippen LogP contribution in [-0.2, 0) is 20.7 Å². The van der Waals surface area contributed by atoms with Crippen molar-refractivity contribution in [2.45, 2.75) is 6.42 Å². The Morgan fingerprint density at radius 2 is 1.52 bits per heavy atom. The third-order valence-electron chi connectivity index (χ3n) is 6.93. The van der Waals surface area contributed by atoms with E-state index in [2.05, 4.69) is 69.2 Å². The number of hydrogen-bond acceptors (Lipinski definition) is 9. The number of hydrogen-bond donors (Lipinski definition) is 9. The smallest absolute Gasteiger partial charge is 0.253 e. The number of hydrazine groups is 1. The van der Waals surface area contributed by atoms with E-state index >= 15 is 0 Å². The highest BCUT2D eigenvalue weighted by Gasteiger charge is 2.27. The van der Waals surface area contributed by atoms with Crippen LogP contribution in [0.3, 0.4) is 0 Å². The molecule has 0 aromatic heterocycles. The molecule has 2 amide bonds. The number of benzene rings is 4. The summed E-state index contributed by atoms with van der Waals surface area (Å²) in [6.07, 6.45) is 1.23. The molecular formula is C33H33Br2N7O6S2. The minimum Gasteiger partial charge on any atom is -0.506 e. The lowest BCUT2D eigenvalue weighted by Crippen LogP contribution is -2.49. The molecule has 4 rings (SSSR count). The first-order valence-electron chi connectivity index (χ1n) is 15.0. The number of ether oxygens (including phenoxy) is 1. The van der Waals surface area contributed by atoms with E-state index in [1.807, 2.05) is 42.5 Å². The van der Waals surface area contributed by atoms with Crippen molar-refractivity contribution in [2.75, 3.05) is 37.0 Å². The molecule has 4 aromatic rings. The number of hydrazone groups is 1. The van der Waals surface area contributed by atoms with Gasteiger partial charge in [-0.3, -0.25) is 20.4 Å². The lowest BCUT2D eigenvalue weighted by atomic mass is 9.96. The van der Waals surface area contributed by atoms with Gasteiger partial charge in [0, 0.05) is 23.5 Å². The molecule has 4 aromatic carbocycles. The molecule has 0 spiro atoms. The molecule has 0 aliphatic rings. The van der Waals surface area contributed by atoms with E-state index in [0.717, 1.165) is 22.0 Å². The summed E-state index contributed by atoms with van der Waals surface area (Å²) in [4.78, 5) is 26.7. The lowest BCUT2D eigenvalue weighted by molar-refractivity contribution is -0.135. The molecule has 13 nitrogen and oxygen atoms in total. The molecule has 0 heterocycles. The number of aliphatic hydroxyl groups is 1. The fourth-order valence-corrected chi connectivity index (χ4v) is 5.99. The summed E-state index contributed by atoms with van der Waals surface area (Å²) in [5.74, 6) is -3.11. The van der Waals surface area contributed by atoms with Gasteiger partial charge in [0.15, 0.2) is 10.2 Å². The first-order chi connectivity index (χ1) is 24.0. The zero-order chi connectivity index (χ0) is 36.0. The Balaban J connectivity index is 1.37. The maximum absolute atomic E-state index is 13.4. The Kier molecular flexibility index (Phi) is 14.7. The largest absolute Gasteiger partial charge is 0.506 e. The van der Waals surface area contributed by atoms with Crippen molar-refractivity contribution in [1.82, 2.24) is 21.6 Å². The van der Waals surface area contributed by atoms with Gasteiger partial charge in [0.2, 0.25) is 0 Å². The Labute approximate surface area is 315 Å². The summed E-state index contributed by atoms with van der Waals surface area (Å²) in [7, 11) is 0. The molecule has 0 aliphatic carbocycles. The first kappa shape index (κ1) is 38.4. The van der Waals surface area contributed by atoms with E-state index in [-0.39, 0.29) is 46.3 Å². The number of aromatic hydroxyl groups is 2. The first-order valence-corrected chi connectivity index (χ1v) is 17.4. The number of carbonyl (C=O) groups is 2. The molecular weight excluding hydrogens is 814 g/mol. The van der Waals surface area contributed by atoms with Crippen molar-refractivity contribution in [3.63, 3.8) is 0 Å². The quantitative estimate of drug-likeness (QED) is 0.0304. The number of nitrogens with zero attached hydrogens (tertiary/aromatic N) is 1. The predicted octanol–water partition coefficient (Wildman–Crippen LogP) is 4.40. The van der Waals surface area contributed by atoms with E-state index in [0.29, 0.717) is 28.4 Å². The number of phenols is 2. The SMILES string of the molecule is O=C(N/N=C/c1cc(Br)c(O)c(Br)c1O)C(Cc1ccc2ccccc2c1)C(=O)NNC(=S)Nc1ccc(NC(=S)NCCOCCO)cc1. The number of phenolic OH excluding ortho intramolecular Hbond substituents is 2. The predicted molar refractivity (Wildman–Crippen MR) is 208 cm³/mol. The topological polar surface area (TPSA) is 189 Å². The molecule has 262 valence electrons. The number of rotatable bonds is 13. The maximum atomic E-state index is 13.4. The summed E-state index contributed by atoms with van der Waals surface area (Å²) >= 11 is 16.9. The maximum Gasteiger partial charge on any atom is 0.253 e. The molecule has 0 fully saturated rings. The van der Waals surface area contributed by atoms with Gasteiger partial charge in [0.25, 0.3) is 11.8 Å².